The number of carbonyl (C=O) groups is 2. The Morgan fingerprint density at radius 1 is 1.14 bits per heavy atom. The molecule has 1 unspecified atom stereocenters. The van der Waals surface area contributed by atoms with E-state index < -0.39 is 17.7 Å². The van der Waals surface area contributed by atoms with Crippen LogP contribution >= 0.6 is 0 Å². The molecule has 2 heterocycles. The van der Waals surface area contributed by atoms with E-state index in [9.17, 15) is 14.7 Å². The van der Waals surface area contributed by atoms with E-state index in [0.717, 1.165) is 33.5 Å². The number of nitrogens with zero attached hydrogens (tertiary/aromatic N) is 2. The molecule has 2 N–H and O–H groups in total. The van der Waals surface area contributed by atoms with Gasteiger partial charge in [-0.15, -0.1) is 0 Å². The van der Waals surface area contributed by atoms with Crippen LogP contribution in [0.4, 0.5) is 0 Å². The number of H-pyrrole nitrogens is 1. The molecule has 7 heteroatoms. The lowest BCUT2D eigenvalue weighted by molar-refractivity contribution is -0.140. The maximum Gasteiger partial charge on any atom is 0.295 e. The van der Waals surface area contributed by atoms with Crippen LogP contribution in [0.3, 0.4) is 0 Å². The number of fused-ring (bicyclic) bond motifs is 1. The molecule has 3 aromatic rings. The number of hydrogen-bond donors (Lipinski definition) is 2. The fourth-order valence-electron chi connectivity index (χ4n) is 5.07. The lowest BCUT2D eigenvalue weighted by Gasteiger charge is -2.27. The molecule has 1 atom stereocenters. The number of aliphatic hydroxyl groups is 1. The van der Waals surface area contributed by atoms with Gasteiger partial charge in [-0.1, -0.05) is 39.0 Å². The van der Waals surface area contributed by atoms with E-state index in [2.05, 4.69) is 25.8 Å². The number of aryl methyl sites for hydroxylation is 1. The van der Waals surface area contributed by atoms with Crippen molar-refractivity contribution < 1.29 is 19.4 Å². The molecule has 0 radical (unpaired) electrons. The third-order valence-electron chi connectivity index (χ3n) is 6.91. The van der Waals surface area contributed by atoms with Crippen LogP contribution in [0.2, 0.25) is 0 Å². The molecule has 4 rings (SSSR count). The van der Waals surface area contributed by atoms with Gasteiger partial charge in [0.2, 0.25) is 0 Å². The largest absolute Gasteiger partial charge is 0.507 e. The molecule has 37 heavy (non-hydrogen) atoms. The topological polar surface area (TPSA) is 85.9 Å². The first-order chi connectivity index (χ1) is 17.5. The Labute approximate surface area is 218 Å². The van der Waals surface area contributed by atoms with Crippen LogP contribution < -0.4 is 4.74 Å². The second kappa shape index (κ2) is 10.1. The van der Waals surface area contributed by atoms with E-state index in [1.54, 1.807) is 11.0 Å². The number of rotatable bonds is 7. The number of aromatic amines is 1. The van der Waals surface area contributed by atoms with Gasteiger partial charge in [0.1, 0.15) is 11.5 Å². The number of benzene rings is 2. The average Bonchev–Trinajstić information content (AvgIpc) is 3.29. The first-order valence-corrected chi connectivity index (χ1v) is 12.7. The fourth-order valence-corrected chi connectivity index (χ4v) is 5.07. The molecular formula is C30H37N3O4. The van der Waals surface area contributed by atoms with Gasteiger partial charge in [0, 0.05) is 46.4 Å². The molecule has 1 fully saturated rings. The molecule has 196 valence electrons. The zero-order chi connectivity index (χ0) is 27.1. The molecule has 0 aliphatic carbocycles. The summed E-state index contributed by atoms with van der Waals surface area (Å²) in [7, 11) is 3.85. The SMILES string of the molecule is CCOc1ccc(/C(O)=C2\C(=O)C(=O)N(CCN(C)C)C2c2c(C)[nH]c3ccccc23)cc1C(C)(C)C. The van der Waals surface area contributed by atoms with Gasteiger partial charge in [0.25, 0.3) is 11.7 Å². The summed E-state index contributed by atoms with van der Waals surface area (Å²) in [5, 5.41) is 12.6. The highest BCUT2D eigenvalue weighted by Gasteiger charge is 2.47. The number of nitrogens with one attached hydrogen (secondary N) is 1. The third-order valence-corrected chi connectivity index (χ3v) is 6.91. The smallest absolute Gasteiger partial charge is 0.295 e. The highest BCUT2D eigenvalue weighted by atomic mass is 16.5. The van der Waals surface area contributed by atoms with Gasteiger partial charge in [0.15, 0.2) is 0 Å². The maximum absolute atomic E-state index is 13.5. The number of carbonyl (C=O) groups excluding carboxylic acids is 2. The van der Waals surface area contributed by atoms with Crippen molar-refractivity contribution in [3.05, 3.63) is 70.4 Å². The van der Waals surface area contributed by atoms with E-state index in [0.29, 0.717) is 25.3 Å². The Kier molecular flexibility index (Phi) is 7.20. The second-order valence-electron chi connectivity index (χ2n) is 10.9. The number of likely N-dealkylation sites (tertiary alicyclic amines) is 1. The Morgan fingerprint density at radius 2 is 1.84 bits per heavy atom. The molecule has 0 spiro atoms. The molecule has 1 aliphatic rings. The lowest BCUT2D eigenvalue weighted by atomic mass is 9.84. The Morgan fingerprint density at radius 3 is 2.49 bits per heavy atom. The van der Waals surface area contributed by atoms with Crippen molar-refractivity contribution in [3.63, 3.8) is 0 Å². The van der Waals surface area contributed by atoms with Gasteiger partial charge in [-0.05, 0) is 57.6 Å². The first-order valence-electron chi connectivity index (χ1n) is 12.7. The molecule has 2 aromatic carbocycles. The summed E-state index contributed by atoms with van der Waals surface area (Å²) < 4.78 is 5.84. The minimum Gasteiger partial charge on any atom is -0.507 e. The summed E-state index contributed by atoms with van der Waals surface area (Å²) >= 11 is 0. The van der Waals surface area contributed by atoms with Gasteiger partial charge >= 0.3 is 0 Å². The summed E-state index contributed by atoms with van der Waals surface area (Å²) in [6.45, 7) is 11.6. The monoisotopic (exact) mass is 503 g/mol. The number of ketones is 1. The highest BCUT2D eigenvalue weighted by molar-refractivity contribution is 6.46. The van der Waals surface area contributed by atoms with Crippen LogP contribution in [0.25, 0.3) is 16.7 Å². The van der Waals surface area contributed by atoms with E-state index in [-0.39, 0.29) is 16.7 Å². The summed E-state index contributed by atoms with van der Waals surface area (Å²) in [6.07, 6.45) is 0. The molecule has 7 nitrogen and oxygen atoms in total. The van der Waals surface area contributed by atoms with Gasteiger partial charge in [-0.25, -0.2) is 0 Å². The van der Waals surface area contributed by atoms with Gasteiger partial charge in [-0.2, -0.15) is 0 Å². The number of Topliss-reactive ketones (excluding diaryl/α,β-unsaturated/α-hetero) is 1. The number of aliphatic hydroxyl groups excluding tert-OH is 1. The standard InChI is InChI=1S/C30H37N3O4/c1-8-37-23-14-13-19(17-21(23)30(3,4)5)27(34)25-26(33(16-15-32(6)7)29(36)28(25)35)24-18(2)31-22-12-10-9-11-20(22)24/h9-14,17,26,31,34H,8,15-16H2,1-7H3/b27-25+. The predicted octanol–water partition coefficient (Wildman–Crippen LogP) is 5.16. The van der Waals surface area contributed by atoms with E-state index in [1.165, 1.54) is 0 Å². The fraction of sp³-hybridized carbons (Fsp3) is 0.400. The van der Waals surface area contributed by atoms with Crippen molar-refractivity contribution in [2.45, 2.75) is 46.1 Å². The minimum atomic E-state index is -0.708. The van der Waals surface area contributed by atoms with Crippen molar-refractivity contribution >= 4 is 28.4 Å². The molecule has 0 bridgehead atoms. The summed E-state index contributed by atoms with van der Waals surface area (Å²) in [5.41, 5.74) is 3.87. The summed E-state index contributed by atoms with van der Waals surface area (Å²) in [4.78, 5) is 33.8. The van der Waals surface area contributed by atoms with Crippen LogP contribution in [0.5, 0.6) is 5.75 Å². The van der Waals surface area contributed by atoms with Crippen molar-refractivity contribution in [1.29, 1.82) is 0 Å². The van der Waals surface area contributed by atoms with Crippen LogP contribution in [0, 0.1) is 6.92 Å². The Balaban J connectivity index is 1.96. The molecule has 1 saturated heterocycles. The summed E-state index contributed by atoms with van der Waals surface area (Å²) in [5.74, 6) is -0.701. The van der Waals surface area contributed by atoms with E-state index in [1.807, 2.05) is 69.2 Å². The van der Waals surface area contributed by atoms with Crippen molar-refractivity contribution in [2.75, 3.05) is 33.8 Å². The average molecular weight is 504 g/mol. The number of hydrogen-bond acceptors (Lipinski definition) is 5. The van der Waals surface area contributed by atoms with Crippen molar-refractivity contribution in [1.82, 2.24) is 14.8 Å². The molecule has 1 amide bonds. The van der Waals surface area contributed by atoms with Crippen LogP contribution in [0.1, 0.15) is 56.1 Å². The normalized spacial score (nSPS) is 17.8. The summed E-state index contributed by atoms with van der Waals surface area (Å²) in [6, 6.07) is 12.6. The van der Waals surface area contributed by atoms with E-state index >= 15 is 0 Å². The molecule has 1 aliphatic heterocycles. The highest BCUT2D eigenvalue weighted by Crippen LogP contribution is 2.44. The van der Waals surface area contributed by atoms with Crippen LogP contribution in [-0.2, 0) is 15.0 Å². The zero-order valence-electron chi connectivity index (χ0n) is 22.8. The minimum absolute atomic E-state index is 0.112. The van der Waals surface area contributed by atoms with Gasteiger partial charge in [-0.3, -0.25) is 9.59 Å². The predicted molar refractivity (Wildman–Crippen MR) is 147 cm³/mol. The second-order valence-corrected chi connectivity index (χ2v) is 10.9. The zero-order valence-corrected chi connectivity index (χ0v) is 22.8. The third kappa shape index (κ3) is 4.88. The van der Waals surface area contributed by atoms with Gasteiger partial charge < -0.3 is 24.6 Å². The first kappa shape index (κ1) is 26.5. The van der Waals surface area contributed by atoms with E-state index in [4.69, 9.17) is 4.74 Å². The molecule has 1 aromatic heterocycles. The Hall–Kier alpha value is -3.58. The number of para-hydroxylation sites is 1. The maximum atomic E-state index is 13.5. The van der Waals surface area contributed by atoms with Crippen molar-refractivity contribution in [3.8, 4) is 5.75 Å². The quantitative estimate of drug-likeness (QED) is 0.264. The lowest BCUT2D eigenvalue weighted by Crippen LogP contribution is -2.35. The number of ether oxygens (including phenoxy) is 1. The number of likely N-dealkylation sites (N-methyl/N-ethyl adjacent to an activating group) is 1. The van der Waals surface area contributed by atoms with Crippen LogP contribution in [0.15, 0.2) is 48.0 Å². The Bertz CT molecular complexity index is 1380. The number of aromatic nitrogens is 1. The van der Waals surface area contributed by atoms with Crippen molar-refractivity contribution in [2.24, 2.45) is 0 Å². The molecular weight excluding hydrogens is 466 g/mol. The number of amides is 1. The van der Waals surface area contributed by atoms with Crippen LogP contribution in [-0.4, -0.2) is 65.4 Å². The van der Waals surface area contributed by atoms with Gasteiger partial charge in [0.05, 0.1) is 18.2 Å². The molecule has 0 saturated carbocycles.